The Labute approximate surface area is 185 Å². The predicted molar refractivity (Wildman–Crippen MR) is 113 cm³/mol. The van der Waals surface area contributed by atoms with E-state index < -0.39 is 40.1 Å². The molecule has 4 aromatic rings. The minimum absolute atomic E-state index is 0.0223. The highest BCUT2D eigenvalue weighted by Crippen LogP contribution is 2.35. The van der Waals surface area contributed by atoms with Crippen molar-refractivity contribution in [2.24, 2.45) is 0 Å². The molecule has 170 valence electrons. The fraction of sp³-hybridized carbons (Fsp3) is 0.167. The molecule has 5 nitrogen and oxygen atoms in total. The van der Waals surface area contributed by atoms with Crippen LogP contribution in [0.2, 0.25) is 0 Å². The van der Waals surface area contributed by atoms with Crippen molar-refractivity contribution < 1.29 is 27.1 Å². The van der Waals surface area contributed by atoms with E-state index in [0.29, 0.717) is 6.07 Å². The van der Waals surface area contributed by atoms with E-state index >= 15 is 0 Å². The van der Waals surface area contributed by atoms with Gasteiger partial charge in [-0.2, -0.15) is 0 Å². The van der Waals surface area contributed by atoms with E-state index in [2.05, 4.69) is 4.98 Å². The number of aliphatic hydroxyl groups is 1. The first-order valence-electron chi connectivity index (χ1n) is 9.88. The quantitative estimate of drug-likeness (QED) is 0.426. The van der Waals surface area contributed by atoms with E-state index in [4.69, 9.17) is 4.42 Å². The van der Waals surface area contributed by atoms with Gasteiger partial charge in [-0.1, -0.05) is 6.07 Å². The van der Waals surface area contributed by atoms with E-state index in [1.807, 2.05) is 0 Å². The van der Waals surface area contributed by atoms with Crippen LogP contribution in [0.25, 0.3) is 28.3 Å². The van der Waals surface area contributed by atoms with Crippen LogP contribution < -0.4 is 5.56 Å². The average molecular weight is 458 g/mol. The summed E-state index contributed by atoms with van der Waals surface area (Å²) in [7, 11) is 0. The summed E-state index contributed by atoms with van der Waals surface area (Å²) in [4.78, 5) is 16.7. The van der Waals surface area contributed by atoms with Gasteiger partial charge in [0.25, 0.3) is 5.56 Å². The van der Waals surface area contributed by atoms with Crippen molar-refractivity contribution in [3.05, 3.63) is 94.2 Å². The Morgan fingerprint density at radius 2 is 1.70 bits per heavy atom. The molecule has 0 amide bonds. The van der Waals surface area contributed by atoms with Crippen LogP contribution in [-0.4, -0.2) is 20.3 Å². The van der Waals surface area contributed by atoms with E-state index in [0.717, 1.165) is 41.1 Å². The second-order valence-corrected chi connectivity index (χ2v) is 8.09. The molecule has 33 heavy (non-hydrogen) atoms. The number of hydrogen-bond acceptors (Lipinski definition) is 4. The normalized spacial score (nSPS) is 11.7. The zero-order valence-electron chi connectivity index (χ0n) is 17.6. The largest absolute Gasteiger partial charge is 0.440 e. The molecular weight excluding hydrogens is 440 g/mol. The average Bonchev–Trinajstić information content (AvgIpc) is 3.10. The minimum Gasteiger partial charge on any atom is -0.440 e. The Hall–Kier alpha value is -3.72. The molecule has 2 aromatic heterocycles. The van der Waals surface area contributed by atoms with Gasteiger partial charge >= 0.3 is 0 Å². The molecule has 2 heterocycles. The van der Waals surface area contributed by atoms with Crippen LogP contribution in [0, 0.1) is 23.3 Å². The van der Waals surface area contributed by atoms with Crippen molar-refractivity contribution in [1.29, 1.82) is 0 Å². The van der Waals surface area contributed by atoms with Gasteiger partial charge in [-0.25, -0.2) is 22.5 Å². The minimum atomic E-state index is -1.21. The van der Waals surface area contributed by atoms with Gasteiger partial charge in [0, 0.05) is 29.5 Å². The zero-order chi connectivity index (χ0) is 23.9. The number of rotatable bonds is 5. The highest BCUT2D eigenvalue weighted by atomic mass is 19.1. The summed E-state index contributed by atoms with van der Waals surface area (Å²) in [5.41, 5.74) is -2.47. The Kier molecular flexibility index (Phi) is 5.67. The lowest BCUT2D eigenvalue weighted by Crippen LogP contribution is -2.21. The predicted octanol–water partition coefficient (Wildman–Crippen LogP) is 5.03. The summed E-state index contributed by atoms with van der Waals surface area (Å²) in [6.45, 7) is 3.05. The van der Waals surface area contributed by atoms with Gasteiger partial charge < -0.3 is 9.52 Å². The van der Waals surface area contributed by atoms with Crippen molar-refractivity contribution in [2.45, 2.75) is 25.9 Å². The lowest BCUT2D eigenvalue weighted by Gasteiger charge is -2.13. The number of para-hydroxylation sites is 1. The third kappa shape index (κ3) is 4.58. The smallest absolute Gasteiger partial charge is 0.255 e. The Morgan fingerprint density at radius 1 is 1.00 bits per heavy atom. The maximum atomic E-state index is 14.6. The zero-order valence-corrected chi connectivity index (χ0v) is 17.6. The van der Waals surface area contributed by atoms with Gasteiger partial charge in [-0.3, -0.25) is 9.36 Å². The maximum absolute atomic E-state index is 14.6. The standard InChI is InChI=1S/C24H18F4N2O3/c1-24(2,32)11-19-29-21(15-8-7-14(25)10-18(15)28)23(33-19)13-6-9-20(31)30(12-13)22-16(26)4-3-5-17(22)27/h3-10,12,32H,11H2,1-2H3. The number of benzene rings is 2. The molecule has 0 atom stereocenters. The van der Waals surface area contributed by atoms with Gasteiger partial charge in [0.1, 0.15) is 34.7 Å². The Balaban J connectivity index is 1.94. The monoisotopic (exact) mass is 458 g/mol. The molecule has 0 unspecified atom stereocenters. The first kappa shape index (κ1) is 22.5. The summed E-state index contributed by atoms with van der Waals surface area (Å²) >= 11 is 0. The molecule has 9 heteroatoms. The fourth-order valence-corrected chi connectivity index (χ4v) is 3.39. The molecule has 0 aliphatic rings. The summed E-state index contributed by atoms with van der Waals surface area (Å²) < 4.78 is 63.2. The Bertz CT molecular complexity index is 1380. The fourth-order valence-electron chi connectivity index (χ4n) is 3.39. The molecule has 2 aromatic carbocycles. The van der Waals surface area contributed by atoms with Crippen LogP contribution in [0.3, 0.4) is 0 Å². The van der Waals surface area contributed by atoms with Gasteiger partial charge in [0.2, 0.25) is 0 Å². The Morgan fingerprint density at radius 3 is 2.33 bits per heavy atom. The number of nitrogens with zero attached hydrogens (tertiary/aromatic N) is 2. The van der Waals surface area contributed by atoms with Gasteiger partial charge in [0.15, 0.2) is 11.7 Å². The first-order valence-corrected chi connectivity index (χ1v) is 9.88. The molecule has 0 aliphatic heterocycles. The van der Waals surface area contributed by atoms with Crippen molar-refractivity contribution in [1.82, 2.24) is 9.55 Å². The van der Waals surface area contributed by atoms with Gasteiger partial charge in [-0.05, 0) is 44.2 Å². The number of pyridine rings is 1. The number of halogens is 4. The van der Waals surface area contributed by atoms with E-state index in [-0.39, 0.29) is 34.9 Å². The van der Waals surface area contributed by atoms with Crippen molar-refractivity contribution >= 4 is 0 Å². The molecular formula is C24H18F4N2O3. The number of oxazole rings is 1. The highest BCUT2D eigenvalue weighted by molar-refractivity contribution is 5.77. The summed E-state index contributed by atoms with van der Waals surface area (Å²) in [6, 6.07) is 8.48. The third-order valence-electron chi connectivity index (χ3n) is 4.79. The molecule has 0 spiro atoms. The van der Waals surface area contributed by atoms with Crippen LogP contribution in [0.5, 0.6) is 0 Å². The SMILES string of the molecule is CC(C)(O)Cc1nc(-c2ccc(F)cc2F)c(-c2ccc(=O)n(-c3c(F)cccc3F)c2)o1. The van der Waals surface area contributed by atoms with Crippen molar-refractivity contribution in [3.8, 4) is 28.3 Å². The van der Waals surface area contributed by atoms with Crippen LogP contribution in [0.15, 0.2) is 63.9 Å². The number of hydrogen-bond donors (Lipinski definition) is 1. The highest BCUT2D eigenvalue weighted by Gasteiger charge is 2.25. The molecule has 4 rings (SSSR count). The molecule has 0 saturated carbocycles. The van der Waals surface area contributed by atoms with E-state index in [1.54, 1.807) is 0 Å². The van der Waals surface area contributed by atoms with Crippen LogP contribution in [-0.2, 0) is 6.42 Å². The molecule has 0 saturated heterocycles. The molecule has 1 N–H and O–H groups in total. The lowest BCUT2D eigenvalue weighted by atomic mass is 10.1. The second-order valence-electron chi connectivity index (χ2n) is 8.09. The lowest BCUT2D eigenvalue weighted by molar-refractivity contribution is 0.0739. The van der Waals surface area contributed by atoms with Crippen molar-refractivity contribution in [3.63, 3.8) is 0 Å². The maximum Gasteiger partial charge on any atom is 0.255 e. The van der Waals surface area contributed by atoms with Crippen LogP contribution in [0.1, 0.15) is 19.7 Å². The van der Waals surface area contributed by atoms with E-state index in [1.165, 1.54) is 26.0 Å². The first-order chi connectivity index (χ1) is 15.5. The van der Waals surface area contributed by atoms with Crippen molar-refractivity contribution in [2.75, 3.05) is 0 Å². The van der Waals surface area contributed by atoms with Crippen LogP contribution in [0.4, 0.5) is 17.6 Å². The molecule has 0 bridgehead atoms. The summed E-state index contributed by atoms with van der Waals surface area (Å²) in [5, 5.41) is 10.1. The molecule has 0 radical (unpaired) electrons. The summed E-state index contributed by atoms with van der Waals surface area (Å²) in [5.74, 6) is -3.59. The molecule has 0 fully saturated rings. The van der Waals surface area contributed by atoms with Crippen LogP contribution >= 0.6 is 0 Å². The second kappa shape index (κ2) is 8.32. The topological polar surface area (TPSA) is 68.3 Å². The molecule has 0 aliphatic carbocycles. The number of aromatic nitrogens is 2. The van der Waals surface area contributed by atoms with Gasteiger partial charge in [0.05, 0.1) is 12.0 Å². The van der Waals surface area contributed by atoms with E-state index in [9.17, 15) is 27.5 Å². The summed E-state index contributed by atoms with van der Waals surface area (Å²) in [6.07, 6.45) is 1.10. The third-order valence-corrected chi connectivity index (χ3v) is 4.79. The van der Waals surface area contributed by atoms with Gasteiger partial charge in [-0.15, -0.1) is 0 Å².